The van der Waals surface area contributed by atoms with Crippen LogP contribution in [0.5, 0.6) is 0 Å². The molecule has 4 nitrogen and oxygen atoms in total. The first-order valence-corrected chi connectivity index (χ1v) is 9.96. The molecule has 0 fully saturated rings. The van der Waals surface area contributed by atoms with Crippen molar-refractivity contribution in [3.8, 4) is 0 Å². The van der Waals surface area contributed by atoms with Crippen LogP contribution in [0, 0.1) is 0 Å². The number of nitrogens with zero attached hydrogens (tertiary/aromatic N) is 2. The monoisotopic (exact) mass is 422 g/mol. The predicted molar refractivity (Wildman–Crippen MR) is 124 cm³/mol. The normalized spacial score (nSPS) is 13.4. The molecule has 4 rings (SSSR count). The Bertz CT molecular complexity index is 1010. The molecule has 2 aromatic carbocycles. The van der Waals surface area contributed by atoms with E-state index >= 15 is 0 Å². The van der Waals surface area contributed by atoms with Crippen molar-refractivity contribution in [1.29, 1.82) is 0 Å². The summed E-state index contributed by atoms with van der Waals surface area (Å²) in [7, 11) is 4.05. The number of rotatable bonds is 5. The fourth-order valence-electron chi connectivity index (χ4n) is 3.62. The van der Waals surface area contributed by atoms with Gasteiger partial charge in [0.25, 0.3) is 5.91 Å². The maximum Gasteiger partial charge on any atom is 0.254 e. The zero-order chi connectivity index (χ0) is 20.2. The van der Waals surface area contributed by atoms with Crippen molar-refractivity contribution in [3.63, 3.8) is 0 Å². The minimum Gasteiger partial charge on any atom is -0.463 e. The van der Waals surface area contributed by atoms with Gasteiger partial charge >= 0.3 is 0 Å². The van der Waals surface area contributed by atoms with E-state index in [2.05, 4.69) is 35.3 Å². The average Bonchev–Trinajstić information content (AvgIpc) is 3.13. The summed E-state index contributed by atoms with van der Waals surface area (Å²) in [5.74, 6) is 1.94. The second kappa shape index (κ2) is 9.79. The third kappa shape index (κ3) is 5.21. The molecule has 0 N–H and O–H groups in total. The van der Waals surface area contributed by atoms with E-state index < -0.39 is 0 Å². The molecular formula is C25H27ClN2O2. The van der Waals surface area contributed by atoms with Crippen molar-refractivity contribution in [1.82, 2.24) is 9.80 Å². The lowest BCUT2D eigenvalue weighted by molar-refractivity contribution is 0.0718. The minimum absolute atomic E-state index is 0. The van der Waals surface area contributed by atoms with E-state index in [-0.39, 0.29) is 18.3 Å². The van der Waals surface area contributed by atoms with Gasteiger partial charge < -0.3 is 14.2 Å². The molecule has 5 heteroatoms. The number of carbonyl (C=O) groups is 1. The molecule has 0 aliphatic carbocycles. The number of hydrogen-bond donors (Lipinski definition) is 0. The van der Waals surface area contributed by atoms with Gasteiger partial charge in [0.05, 0.1) is 13.1 Å². The first-order chi connectivity index (χ1) is 14.1. The number of furan rings is 1. The van der Waals surface area contributed by atoms with Crippen LogP contribution in [0.1, 0.15) is 38.6 Å². The van der Waals surface area contributed by atoms with Gasteiger partial charge in [0.1, 0.15) is 11.5 Å². The van der Waals surface area contributed by atoms with Crippen molar-refractivity contribution in [2.45, 2.75) is 19.5 Å². The molecule has 0 saturated heterocycles. The fourth-order valence-corrected chi connectivity index (χ4v) is 3.62. The van der Waals surface area contributed by atoms with Crippen LogP contribution in [-0.4, -0.2) is 36.3 Å². The summed E-state index contributed by atoms with van der Waals surface area (Å²) in [5.41, 5.74) is 4.17. The molecule has 1 aromatic heterocycles. The highest BCUT2D eigenvalue weighted by molar-refractivity contribution is 5.94. The van der Waals surface area contributed by atoms with E-state index in [9.17, 15) is 4.79 Å². The Labute approximate surface area is 184 Å². The number of carbonyl (C=O) groups excluding carboxylic acids is 1. The molecule has 0 unspecified atom stereocenters. The van der Waals surface area contributed by atoms with Gasteiger partial charge in [0.15, 0.2) is 0 Å². The van der Waals surface area contributed by atoms with Gasteiger partial charge in [0, 0.05) is 12.1 Å². The van der Waals surface area contributed by atoms with Crippen LogP contribution in [0.4, 0.5) is 0 Å². The molecule has 1 aliphatic heterocycles. The van der Waals surface area contributed by atoms with Crippen molar-refractivity contribution in [3.05, 3.63) is 94.4 Å². The Balaban J connectivity index is 0.00000256. The van der Waals surface area contributed by atoms with Gasteiger partial charge in [-0.3, -0.25) is 4.79 Å². The van der Waals surface area contributed by atoms with Crippen molar-refractivity contribution in [2.24, 2.45) is 0 Å². The lowest BCUT2D eigenvalue weighted by Gasteiger charge is -2.26. The molecular weight excluding hydrogens is 396 g/mol. The zero-order valence-electron chi connectivity index (χ0n) is 17.4. The lowest BCUT2D eigenvalue weighted by Crippen LogP contribution is -2.35. The molecule has 1 aliphatic rings. The van der Waals surface area contributed by atoms with Gasteiger partial charge in [0.2, 0.25) is 0 Å². The SMILES string of the molecule is CN(C)Cc1cc2c(o1)CN(C(=O)c1ccc(C=Cc3ccccc3)cc1)CC2.Cl. The fraction of sp³-hybridized carbons (Fsp3) is 0.240. The van der Waals surface area contributed by atoms with Crippen LogP contribution < -0.4 is 0 Å². The van der Waals surface area contributed by atoms with Crippen molar-refractivity contribution >= 4 is 30.5 Å². The highest BCUT2D eigenvalue weighted by Crippen LogP contribution is 2.25. The molecule has 30 heavy (non-hydrogen) atoms. The van der Waals surface area contributed by atoms with Crippen LogP contribution >= 0.6 is 12.4 Å². The highest BCUT2D eigenvalue weighted by Gasteiger charge is 2.25. The molecule has 0 radical (unpaired) electrons. The summed E-state index contributed by atoms with van der Waals surface area (Å²) in [6.45, 7) is 2.04. The Morgan fingerprint density at radius 1 is 1.03 bits per heavy atom. The molecule has 156 valence electrons. The van der Waals surface area contributed by atoms with Crippen LogP contribution in [0.15, 0.2) is 65.1 Å². The van der Waals surface area contributed by atoms with Crippen LogP contribution in [0.25, 0.3) is 12.2 Å². The summed E-state index contributed by atoms with van der Waals surface area (Å²) in [6, 6.07) is 20.1. The third-order valence-corrected chi connectivity index (χ3v) is 5.12. The molecule has 2 heterocycles. The van der Waals surface area contributed by atoms with E-state index in [1.54, 1.807) is 0 Å². The summed E-state index contributed by atoms with van der Waals surface area (Å²) in [6.07, 6.45) is 4.98. The quantitative estimate of drug-likeness (QED) is 0.534. The number of amides is 1. The lowest BCUT2D eigenvalue weighted by atomic mass is 10.1. The number of hydrogen-bond acceptors (Lipinski definition) is 3. The Morgan fingerprint density at radius 2 is 1.70 bits per heavy atom. The molecule has 0 saturated carbocycles. The summed E-state index contributed by atoms with van der Waals surface area (Å²) < 4.78 is 5.98. The number of benzene rings is 2. The maximum atomic E-state index is 12.9. The van der Waals surface area contributed by atoms with Gasteiger partial charge in [-0.2, -0.15) is 0 Å². The summed E-state index contributed by atoms with van der Waals surface area (Å²) >= 11 is 0. The Hall–Kier alpha value is -2.82. The molecule has 0 atom stereocenters. The largest absolute Gasteiger partial charge is 0.463 e. The first-order valence-electron chi connectivity index (χ1n) is 9.96. The smallest absolute Gasteiger partial charge is 0.254 e. The minimum atomic E-state index is 0. The van der Waals surface area contributed by atoms with E-state index in [1.165, 1.54) is 5.56 Å². The van der Waals surface area contributed by atoms with Gasteiger partial charge in [-0.1, -0.05) is 54.6 Å². The second-order valence-electron chi connectivity index (χ2n) is 7.74. The number of halogens is 1. The molecule has 0 bridgehead atoms. The second-order valence-corrected chi connectivity index (χ2v) is 7.74. The molecule has 1 amide bonds. The van der Waals surface area contributed by atoms with Gasteiger partial charge in [-0.05, 0) is 55.4 Å². The van der Waals surface area contributed by atoms with E-state index in [1.807, 2.05) is 61.5 Å². The summed E-state index contributed by atoms with van der Waals surface area (Å²) in [4.78, 5) is 16.9. The van der Waals surface area contributed by atoms with Crippen molar-refractivity contribution < 1.29 is 9.21 Å². The topological polar surface area (TPSA) is 36.7 Å². The average molecular weight is 423 g/mol. The Morgan fingerprint density at radius 3 is 2.37 bits per heavy atom. The van der Waals surface area contributed by atoms with Gasteiger partial charge in [-0.25, -0.2) is 0 Å². The summed E-state index contributed by atoms with van der Waals surface area (Å²) in [5, 5.41) is 0. The van der Waals surface area contributed by atoms with Crippen LogP contribution in [-0.2, 0) is 19.5 Å². The maximum absolute atomic E-state index is 12.9. The van der Waals surface area contributed by atoms with Crippen LogP contribution in [0.2, 0.25) is 0 Å². The number of fused-ring (bicyclic) bond motifs is 1. The Kier molecular flexibility index (Phi) is 7.14. The molecule has 0 spiro atoms. The zero-order valence-corrected chi connectivity index (χ0v) is 18.2. The highest BCUT2D eigenvalue weighted by atomic mass is 35.5. The van der Waals surface area contributed by atoms with Crippen LogP contribution in [0.3, 0.4) is 0 Å². The molecule has 3 aromatic rings. The van der Waals surface area contributed by atoms with E-state index in [0.717, 1.165) is 42.2 Å². The van der Waals surface area contributed by atoms with E-state index in [4.69, 9.17) is 4.42 Å². The van der Waals surface area contributed by atoms with Crippen molar-refractivity contribution in [2.75, 3.05) is 20.6 Å². The third-order valence-electron chi connectivity index (χ3n) is 5.12. The first kappa shape index (κ1) is 21.9. The predicted octanol–water partition coefficient (Wildman–Crippen LogP) is 5.13. The standard InChI is InChI=1S/C25H26N2O2.ClH/c1-26(2)17-23-16-22-14-15-27(18-24(22)29-23)25(28)21-12-10-20(11-13-21)9-8-19-6-4-3-5-7-19;/h3-13,16H,14-15,17-18H2,1-2H3;1H. The van der Waals surface area contributed by atoms with E-state index in [0.29, 0.717) is 12.1 Å². The van der Waals surface area contributed by atoms with Gasteiger partial charge in [-0.15, -0.1) is 12.4 Å².